The van der Waals surface area contributed by atoms with Crippen molar-refractivity contribution >= 4 is 34.2 Å². The second kappa shape index (κ2) is 10.9. The molecule has 0 atom stereocenters. The fraction of sp³-hybridized carbons (Fsp3) is 0.500. The number of aryl methyl sites for hydroxylation is 1. The van der Waals surface area contributed by atoms with E-state index in [0.29, 0.717) is 6.42 Å². The summed E-state index contributed by atoms with van der Waals surface area (Å²) in [5.74, 6) is 0.906. The zero-order chi connectivity index (χ0) is 14.1. The molecular formula is C14H22BrClN2O2. The number of benzene rings is 1. The molecule has 0 radical (unpaired) electrons. The Kier molecular flexibility index (Phi) is 10.5. The largest absolute Gasteiger partial charge is 0.496 e. The highest BCUT2D eigenvalue weighted by atomic mass is 79.9. The first-order valence-electron chi connectivity index (χ1n) is 6.41. The van der Waals surface area contributed by atoms with Gasteiger partial charge in [0.2, 0.25) is 5.91 Å². The van der Waals surface area contributed by atoms with Gasteiger partial charge in [-0.15, -0.1) is 12.4 Å². The van der Waals surface area contributed by atoms with E-state index in [-0.39, 0.29) is 18.3 Å². The van der Waals surface area contributed by atoms with Crippen molar-refractivity contribution in [3.8, 4) is 5.75 Å². The minimum atomic E-state index is 0. The molecule has 4 nitrogen and oxygen atoms in total. The van der Waals surface area contributed by atoms with E-state index >= 15 is 0 Å². The van der Waals surface area contributed by atoms with Crippen LogP contribution >= 0.6 is 28.3 Å². The first-order valence-corrected chi connectivity index (χ1v) is 7.20. The molecule has 0 bridgehead atoms. The summed E-state index contributed by atoms with van der Waals surface area (Å²) in [4.78, 5) is 11.6. The van der Waals surface area contributed by atoms with E-state index in [4.69, 9.17) is 4.74 Å². The molecule has 1 amide bonds. The lowest BCUT2D eigenvalue weighted by Crippen LogP contribution is -2.26. The summed E-state index contributed by atoms with van der Waals surface area (Å²) in [5.41, 5.74) is 1.12. The third-order valence-electron chi connectivity index (χ3n) is 2.78. The van der Waals surface area contributed by atoms with E-state index < -0.39 is 0 Å². The van der Waals surface area contributed by atoms with Crippen LogP contribution in [0, 0.1) is 0 Å². The minimum absolute atomic E-state index is 0. The minimum Gasteiger partial charge on any atom is -0.496 e. The van der Waals surface area contributed by atoms with Crippen LogP contribution in [0.1, 0.15) is 18.4 Å². The highest BCUT2D eigenvalue weighted by molar-refractivity contribution is 9.10. The Labute approximate surface area is 135 Å². The second-order valence-corrected chi connectivity index (χ2v) is 5.13. The summed E-state index contributed by atoms with van der Waals surface area (Å²) in [5, 5.41) is 5.96. The maximum Gasteiger partial charge on any atom is 0.220 e. The van der Waals surface area contributed by atoms with Crippen LogP contribution in [0.25, 0.3) is 0 Å². The lowest BCUT2D eigenvalue weighted by atomic mass is 10.1. The molecule has 1 rings (SSSR count). The Balaban J connectivity index is 0.00000361. The van der Waals surface area contributed by atoms with Gasteiger partial charge in [0.25, 0.3) is 0 Å². The molecule has 0 heterocycles. The van der Waals surface area contributed by atoms with Crippen LogP contribution in [0.4, 0.5) is 0 Å². The molecule has 0 unspecified atom stereocenters. The highest BCUT2D eigenvalue weighted by Crippen LogP contribution is 2.25. The van der Waals surface area contributed by atoms with Gasteiger partial charge < -0.3 is 15.4 Å². The Bertz CT molecular complexity index is 416. The number of rotatable bonds is 8. The fourth-order valence-corrected chi connectivity index (χ4v) is 2.29. The van der Waals surface area contributed by atoms with Crippen LogP contribution in [0.15, 0.2) is 22.7 Å². The molecule has 1 aromatic rings. The number of hydrogen-bond donors (Lipinski definition) is 2. The van der Waals surface area contributed by atoms with Gasteiger partial charge in [-0.25, -0.2) is 0 Å². The first kappa shape index (κ1) is 19.2. The molecule has 20 heavy (non-hydrogen) atoms. The number of amides is 1. The van der Waals surface area contributed by atoms with Gasteiger partial charge in [-0.3, -0.25) is 4.79 Å². The van der Waals surface area contributed by atoms with Crippen molar-refractivity contribution < 1.29 is 9.53 Å². The third-order valence-corrected chi connectivity index (χ3v) is 3.40. The summed E-state index contributed by atoms with van der Waals surface area (Å²) >= 11 is 3.44. The normalized spacial score (nSPS) is 9.75. The van der Waals surface area contributed by atoms with Crippen molar-refractivity contribution in [2.24, 2.45) is 0 Å². The molecule has 0 aliphatic carbocycles. The molecule has 0 aliphatic heterocycles. The fourth-order valence-electron chi connectivity index (χ4n) is 1.70. The Hall–Kier alpha value is -0.780. The molecule has 114 valence electrons. The molecule has 0 spiro atoms. The molecule has 1 aromatic carbocycles. The van der Waals surface area contributed by atoms with E-state index in [1.54, 1.807) is 7.11 Å². The summed E-state index contributed by atoms with van der Waals surface area (Å²) in [7, 11) is 3.54. The van der Waals surface area contributed by atoms with Gasteiger partial charge in [0.15, 0.2) is 0 Å². The van der Waals surface area contributed by atoms with Crippen molar-refractivity contribution in [1.82, 2.24) is 10.6 Å². The van der Waals surface area contributed by atoms with Crippen LogP contribution in [0.3, 0.4) is 0 Å². The smallest absolute Gasteiger partial charge is 0.220 e. The molecule has 0 fully saturated rings. The quantitative estimate of drug-likeness (QED) is 0.696. The van der Waals surface area contributed by atoms with E-state index in [1.165, 1.54) is 0 Å². The van der Waals surface area contributed by atoms with Crippen LogP contribution in [-0.4, -0.2) is 33.2 Å². The number of methoxy groups -OCH3 is 1. The van der Waals surface area contributed by atoms with Gasteiger partial charge in [0.1, 0.15) is 5.75 Å². The number of nitrogens with one attached hydrogen (secondary N) is 2. The van der Waals surface area contributed by atoms with Crippen LogP contribution in [0.5, 0.6) is 5.75 Å². The van der Waals surface area contributed by atoms with Gasteiger partial charge in [-0.2, -0.15) is 0 Å². The Morgan fingerprint density at radius 2 is 2.10 bits per heavy atom. The molecule has 0 aliphatic rings. The third kappa shape index (κ3) is 7.12. The van der Waals surface area contributed by atoms with E-state index in [2.05, 4.69) is 26.6 Å². The Morgan fingerprint density at radius 1 is 1.35 bits per heavy atom. The number of halogens is 2. The maximum absolute atomic E-state index is 11.6. The molecule has 2 N–H and O–H groups in total. The van der Waals surface area contributed by atoms with Crippen molar-refractivity contribution in [3.05, 3.63) is 28.2 Å². The van der Waals surface area contributed by atoms with Crippen molar-refractivity contribution in [3.63, 3.8) is 0 Å². The number of ether oxygens (including phenoxy) is 1. The average Bonchev–Trinajstić information content (AvgIpc) is 2.41. The van der Waals surface area contributed by atoms with E-state index in [0.717, 1.165) is 41.7 Å². The zero-order valence-electron chi connectivity index (χ0n) is 11.9. The number of carbonyl (C=O) groups excluding carboxylic acids is 1. The predicted molar refractivity (Wildman–Crippen MR) is 87.8 cm³/mol. The predicted octanol–water partition coefficient (Wildman–Crippen LogP) is 2.54. The van der Waals surface area contributed by atoms with Gasteiger partial charge in [-0.1, -0.05) is 6.07 Å². The summed E-state index contributed by atoms with van der Waals surface area (Å²) < 4.78 is 6.09. The zero-order valence-corrected chi connectivity index (χ0v) is 14.3. The van der Waals surface area contributed by atoms with Crippen molar-refractivity contribution in [1.29, 1.82) is 0 Å². The average molecular weight is 366 g/mol. The lowest BCUT2D eigenvalue weighted by Gasteiger charge is -2.07. The lowest BCUT2D eigenvalue weighted by molar-refractivity contribution is -0.121. The number of carbonyl (C=O) groups is 1. The first-order chi connectivity index (χ1) is 9.17. The molecule has 0 aromatic heterocycles. The summed E-state index contributed by atoms with van der Waals surface area (Å²) in [6.07, 6.45) is 2.20. The van der Waals surface area contributed by atoms with E-state index in [1.807, 2.05) is 25.2 Å². The van der Waals surface area contributed by atoms with Gasteiger partial charge in [-0.05, 0) is 60.1 Å². The molecule has 0 saturated heterocycles. The topological polar surface area (TPSA) is 50.4 Å². The molecular weight excluding hydrogens is 344 g/mol. The standard InChI is InChI=1S/C14H21BrN2O2.ClH/c1-16-8-3-9-17-14(18)7-5-11-4-6-13(19-2)12(15)10-11;/h4,6,10,16H,3,5,7-9H2,1-2H3,(H,17,18);1H. The van der Waals surface area contributed by atoms with Crippen LogP contribution < -0.4 is 15.4 Å². The number of hydrogen-bond acceptors (Lipinski definition) is 3. The highest BCUT2D eigenvalue weighted by Gasteiger charge is 2.04. The summed E-state index contributed by atoms with van der Waals surface area (Å²) in [6, 6.07) is 5.88. The van der Waals surface area contributed by atoms with Gasteiger partial charge in [0, 0.05) is 13.0 Å². The molecule has 6 heteroatoms. The summed E-state index contributed by atoms with van der Waals surface area (Å²) in [6.45, 7) is 1.65. The monoisotopic (exact) mass is 364 g/mol. The maximum atomic E-state index is 11.6. The SMILES string of the molecule is CNCCCNC(=O)CCc1ccc(OC)c(Br)c1.Cl. The van der Waals surface area contributed by atoms with Gasteiger partial charge in [0.05, 0.1) is 11.6 Å². The van der Waals surface area contributed by atoms with Crippen LogP contribution in [0.2, 0.25) is 0 Å². The van der Waals surface area contributed by atoms with E-state index in [9.17, 15) is 4.79 Å². The second-order valence-electron chi connectivity index (χ2n) is 4.28. The van der Waals surface area contributed by atoms with Crippen LogP contribution in [-0.2, 0) is 11.2 Å². The molecule has 0 saturated carbocycles. The van der Waals surface area contributed by atoms with Gasteiger partial charge >= 0.3 is 0 Å². The van der Waals surface area contributed by atoms with Crippen molar-refractivity contribution in [2.45, 2.75) is 19.3 Å². The van der Waals surface area contributed by atoms with Crippen molar-refractivity contribution in [2.75, 3.05) is 27.2 Å². The Morgan fingerprint density at radius 3 is 2.70 bits per heavy atom.